The molecule has 0 aliphatic carbocycles. The van der Waals surface area contributed by atoms with Gasteiger partial charge >= 0.3 is 0 Å². The van der Waals surface area contributed by atoms with Gasteiger partial charge in [-0.05, 0) is 42.0 Å². The second-order valence-electron chi connectivity index (χ2n) is 6.97. The number of carboxylic acid groups (broad SMARTS) is 1. The normalized spacial score (nSPS) is 16.9. The number of thioether (sulfide) groups is 1. The van der Waals surface area contributed by atoms with Crippen LogP contribution >= 0.6 is 11.8 Å². The van der Waals surface area contributed by atoms with Crippen LogP contribution in [0.5, 0.6) is 0 Å². The highest BCUT2D eigenvalue weighted by Gasteiger charge is 2.40. The van der Waals surface area contributed by atoms with E-state index >= 15 is 0 Å². The standard InChI is InChI=1S/C24H19N3O4S/c28-21(25-18-11-7-8-16(14-18)23(30)31)15-20-22(29)27(19-12-5-2-6-13-19)24(32-20)26-17-9-3-1-4-10-17/h1-14,20H,15H2,(H,25,28)(H,30,31)/p-1. The SMILES string of the molecule is O=C(CC1SC(=Nc2ccccc2)N(c2ccccc2)C1=O)Nc1cccc(C(=O)[O-])c1. The summed E-state index contributed by atoms with van der Waals surface area (Å²) in [5.41, 5.74) is 1.66. The summed E-state index contributed by atoms with van der Waals surface area (Å²) >= 11 is 1.22. The van der Waals surface area contributed by atoms with Gasteiger partial charge in [0, 0.05) is 12.1 Å². The lowest BCUT2D eigenvalue weighted by molar-refractivity contribution is -0.255. The second kappa shape index (κ2) is 9.49. The Morgan fingerprint density at radius 2 is 1.66 bits per heavy atom. The van der Waals surface area contributed by atoms with Crippen LogP contribution in [0.25, 0.3) is 0 Å². The minimum absolute atomic E-state index is 0.0401. The van der Waals surface area contributed by atoms with Crippen molar-refractivity contribution in [1.82, 2.24) is 0 Å². The van der Waals surface area contributed by atoms with Crippen LogP contribution in [0.2, 0.25) is 0 Å². The van der Waals surface area contributed by atoms with Gasteiger partial charge in [0.2, 0.25) is 11.8 Å². The van der Waals surface area contributed by atoms with E-state index in [9.17, 15) is 19.5 Å². The van der Waals surface area contributed by atoms with Gasteiger partial charge in [0.05, 0.1) is 17.3 Å². The van der Waals surface area contributed by atoms with Crippen molar-refractivity contribution in [1.29, 1.82) is 0 Å². The monoisotopic (exact) mass is 444 g/mol. The van der Waals surface area contributed by atoms with E-state index in [-0.39, 0.29) is 17.9 Å². The number of rotatable bonds is 6. The highest BCUT2D eigenvalue weighted by molar-refractivity contribution is 8.16. The van der Waals surface area contributed by atoms with Crippen molar-refractivity contribution in [3.05, 3.63) is 90.5 Å². The van der Waals surface area contributed by atoms with E-state index in [1.165, 1.54) is 34.9 Å². The molecule has 4 rings (SSSR count). The molecule has 0 bridgehead atoms. The zero-order chi connectivity index (χ0) is 22.5. The first-order chi connectivity index (χ1) is 15.5. The summed E-state index contributed by atoms with van der Waals surface area (Å²) in [7, 11) is 0. The number of nitrogens with zero attached hydrogens (tertiary/aromatic N) is 2. The van der Waals surface area contributed by atoms with Crippen LogP contribution in [-0.2, 0) is 9.59 Å². The number of aliphatic imine (C=N–C) groups is 1. The number of carbonyl (C=O) groups is 3. The number of benzene rings is 3. The van der Waals surface area contributed by atoms with E-state index < -0.39 is 17.1 Å². The van der Waals surface area contributed by atoms with E-state index in [1.54, 1.807) is 6.07 Å². The number of anilines is 2. The van der Waals surface area contributed by atoms with Crippen LogP contribution in [0, 0.1) is 0 Å². The molecule has 3 aromatic rings. The lowest BCUT2D eigenvalue weighted by Gasteiger charge is -2.16. The smallest absolute Gasteiger partial charge is 0.247 e. The van der Waals surface area contributed by atoms with Crippen LogP contribution in [0.15, 0.2) is 89.9 Å². The van der Waals surface area contributed by atoms with Crippen molar-refractivity contribution in [3.8, 4) is 0 Å². The van der Waals surface area contributed by atoms with Crippen LogP contribution in [0.4, 0.5) is 17.1 Å². The summed E-state index contributed by atoms with van der Waals surface area (Å²) in [6.07, 6.45) is -0.0871. The van der Waals surface area contributed by atoms with Crippen LogP contribution < -0.4 is 15.3 Å². The summed E-state index contributed by atoms with van der Waals surface area (Å²) in [6.45, 7) is 0. The van der Waals surface area contributed by atoms with Crippen molar-refractivity contribution >= 4 is 51.8 Å². The number of para-hydroxylation sites is 2. The number of carboxylic acids is 1. The first-order valence-corrected chi connectivity index (χ1v) is 10.7. The lowest BCUT2D eigenvalue weighted by Crippen LogP contribution is -2.33. The number of amides is 2. The molecule has 0 spiro atoms. The quantitative estimate of drug-likeness (QED) is 0.629. The Kier molecular flexibility index (Phi) is 6.32. The number of amidine groups is 1. The Bertz CT molecular complexity index is 1180. The Morgan fingerprint density at radius 1 is 0.969 bits per heavy atom. The topological polar surface area (TPSA) is 102 Å². The summed E-state index contributed by atoms with van der Waals surface area (Å²) in [5, 5.41) is 13.5. The number of carbonyl (C=O) groups excluding carboxylic acids is 3. The third kappa shape index (κ3) is 4.87. The molecular formula is C24H18N3O4S-. The molecule has 0 radical (unpaired) electrons. The Labute approximate surface area is 188 Å². The third-order valence-corrected chi connectivity index (χ3v) is 5.82. The molecular weight excluding hydrogens is 426 g/mol. The Hall–Kier alpha value is -3.91. The molecule has 160 valence electrons. The molecule has 3 aromatic carbocycles. The fourth-order valence-corrected chi connectivity index (χ4v) is 4.36. The van der Waals surface area contributed by atoms with Crippen molar-refractivity contribution in [2.24, 2.45) is 4.99 Å². The zero-order valence-corrected chi connectivity index (χ0v) is 17.6. The summed E-state index contributed by atoms with van der Waals surface area (Å²) < 4.78 is 0. The van der Waals surface area contributed by atoms with Crippen molar-refractivity contribution < 1.29 is 19.5 Å². The van der Waals surface area contributed by atoms with Gasteiger partial charge < -0.3 is 15.2 Å². The molecule has 1 aliphatic rings. The lowest BCUT2D eigenvalue weighted by atomic mass is 10.2. The number of hydrogen-bond donors (Lipinski definition) is 1. The molecule has 8 heteroatoms. The fourth-order valence-electron chi connectivity index (χ4n) is 3.21. The van der Waals surface area contributed by atoms with E-state index in [0.29, 0.717) is 22.2 Å². The zero-order valence-electron chi connectivity index (χ0n) is 16.8. The van der Waals surface area contributed by atoms with Crippen molar-refractivity contribution in [3.63, 3.8) is 0 Å². The summed E-state index contributed by atoms with van der Waals surface area (Å²) in [6, 6.07) is 24.2. The second-order valence-corrected chi connectivity index (χ2v) is 8.14. The van der Waals surface area contributed by atoms with Crippen LogP contribution in [0.1, 0.15) is 16.8 Å². The average molecular weight is 444 g/mol. The maximum absolute atomic E-state index is 13.2. The van der Waals surface area contributed by atoms with E-state index in [2.05, 4.69) is 10.3 Å². The predicted octanol–water partition coefficient (Wildman–Crippen LogP) is 3.22. The molecule has 1 aliphatic heterocycles. The number of nitrogens with one attached hydrogen (secondary N) is 1. The minimum atomic E-state index is -1.33. The molecule has 0 saturated carbocycles. The van der Waals surface area contributed by atoms with Gasteiger partial charge in [-0.2, -0.15) is 0 Å². The first kappa shape index (κ1) is 21.3. The fraction of sp³-hybridized carbons (Fsp3) is 0.0833. The molecule has 1 N–H and O–H groups in total. The van der Waals surface area contributed by atoms with Crippen molar-refractivity contribution in [2.75, 3.05) is 10.2 Å². The highest BCUT2D eigenvalue weighted by atomic mass is 32.2. The van der Waals surface area contributed by atoms with Gasteiger partial charge in [0.1, 0.15) is 5.25 Å². The Morgan fingerprint density at radius 3 is 2.34 bits per heavy atom. The van der Waals surface area contributed by atoms with Gasteiger partial charge in [-0.3, -0.25) is 14.5 Å². The molecule has 1 saturated heterocycles. The number of aromatic carboxylic acids is 1. The van der Waals surface area contributed by atoms with Crippen molar-refractivity contribution in [2.45, 2.75) is 11.7 Å². The molecule has 1 unspecified atom stereocenters. The largest absolute Gasteiger partial charge is 0.545 e. The van der Waals surface area contributed by atoms with Crippen LogP contribution in [0.3, 0.4) is 0 Å². The van der Waals surface area contributed by atoms with E-state index in [4.69, 9.17) is 0 Å². The van der Waals surface area contributed by atoms with Gasteiger partial charge in [0.15, 0.2) is 5.17 Å². The van der Waals surface area contributed by atoms with Gasteiger partial charge in [-0.25, -0.2) is 4.99 Å². The third-order valence-electron chi connectivity index (χ3n) is 4.68. The molecule has 32 heavy (non-hydrogen) atoms. The summed E-state index contributed by atoms with van der Waals surface area (Å²) in [5.74, 6) is -1.97. The van der Waals surface area contributed by atoms with E-state index in [0.717, 1.165) is 0 Å². The maximum atomic E-state index is 13.2. The molecule has 0 aromatic heterocycles. The molecule has 7 nitrogen and oxygen atoms in total. The molecule has 1 heterocycles. The van der Waals surface area contributed by atoms with Gasteiger partial charge in [0.25, 0.3) is 0 Å². The first-order valence-electron chi connectivity index (χ1n) is 9.82. The Balaban J connectivity index is 1.55. The number of hydrogen-bond acceptors (Lipinski definition) is 6. The highest BCUT2D eigenvalue weighted by Crippen LogP contribution is 2.35. The van der Waals surface area contributed by atoms with Crippen LogP contribution in [-0.4, -0.2) is 28.2 Å². The molecule has 1 fully saturated rings. The summed E-state index contributed by atoms with van der Waals surface area (Å²) in [4.78, 5) is 43.0. The maximum Gasteiger partial charge on any atom is 0.247 e. The van der Waals surface area contributed by atoms with Gasteiger partial charge in [-0.15, -0.1) is 0 Å². The van der Waals surface area contributed by atoms with Gasteiger partial charge in [-0.1, -0.05) is 60.3 Å². The minimum Gasteiger partial charge on any atom is -0.545 e. The van der Waals surface area contributed by atoms with E-state index in [1.807, 2.05) is 60.7 Å². The molecule has 1 atom stereocenters. The predicted molar refractivity (Wildman–Crippen MR) is 123 cm³/mol. The molecule has 2 amide bonds. The average Bonchev–Trinajstić information content (AvgIpc) is 3.09.